The SMILES string of the molecule is CCC(C(C)=O)(C(=O)O)C(=O)c1ccccc1.[AlH3]. The zero-order valence-corrected chi connectivity index (χ0v) is 9.77. The minimum Gasteiger partial charge on any atom is -0.480 e. The van der Waals surface area contributed by atoms with Crippen molar-refractivity contribution < 1.29 is 19.5 Å². The van der Waals surface area contributed by atoms with Gasteiger partial charge in [0.15, 0.2) is 34.3 Å². The molecule has 1 unspecified atom stereocenters. The summed E-state index contributed by atoms with van der Waals surface area (Å²) >= 11 is 0. The third kappa shape index (κ3) is 2.69. The molecule has 0 spiro atoms. The molecule has 0 aliphatic heterocycles. The Morgan fingerprint density at radius 2 is 1.67 bits per heavy atom. The number of carboxylic acids is 1. The van der Waals surface area contributed by atoms with Crippen LogP contribution in [0.2, 0.25) is 0 Å². The van der Waals surface area contributed by atoms with Gasteiger partial charge in [-0.3, -0.25) is 14.4 Å². The summed E-state index contributed by atoms with van der Waals surface area (Å²) in [5.41, 5.74) is -1.71. The molecule has 96 valence electrons. The topological polar surface area (TPSA) is 71.4 Å². The van der Waals surface area contributed by atoms with Gasteiger partial charge in [-0.05, 0) is 13.3 Å². The molecule has 1 aromatic carbocycles. The van der Waals surface area contributed by atoms with Gasteiger partial charge in [0.05, 0.1) is 0 Å². The van der Waals surface area contributed by atoms with Crippen molar-refractivity contribution in [1.82, 2.24) is 0 Å². The minimum atomic E-state index is -1.96. The van der Waals surface area contributed by atoms with Crippen LogP contribution >= 0.6 is 0 Å². The number of hydrogen-bond donors (Lipinski definition) is 1. The molecule has 0 bridgehead atoms. The lowest BCUT2D eigenvalue weighted by molar-refractivity contribution is -0.150. The molecule has 0 saturated carbocycles. The van der Waals surface area contributed by atoms with Crippen molar-refractivity contribution in [2.75, 3.05) is 0 Å². The quantitative estimate of drug-likeness (QED) is 0.484. The highest BCUT2D eigenvalue weighted by Gasteiger charge is 2.49. The molecule has 0 aromatic heterocycles. The van der Waals surface area contributed by atoms with Crippen molar-refractivity contribution in [3.63, 3.8) is 0 Å². The van der Waals surface area contributed by atoms with E-state index in [9.17, 15) is 19.5 Å². The molecular weight excluding hydrogens is 247 g/mol. The van der Waals surface area contributed by atoms with Crippen LogP contribution in [0.25, 0.3) is 0 Å². The van der Waals surface area contributed by atoms with Gasteiger partial charge < -0.3 is 5.11 Å². The van der Waals surface area contributed by atoms with Crippen molar-refractivity contribution in [3.8, 4) is 0 Å². The van der Waals surface area contributed by atoms with E-state index >= 15 is 0 Å². The number of carbonyl (C=O) groups is 3. The first-order valence-corrected chi connectivity index (χ1v) is 5.31. The van der Waals surface area contributed by atoms with Gasteiger partial charge in [0.2, 0.25) is 0 Å². The van der Waals surface area contributed by atoms with E-state index in [4.69, 9.17) is 0 Å². The van der Waals surface area contributed by atoms with Crippen LogP contribution in [-0.4, -0.2) is 40.0 Å². The molecule has 0 heterocycles. The number of hydrogen-bond acceptors (Lipinski definition) is 3. The predicted molar refractivity (Wildman–Crippen MR) is 71.8 cm³/mol. The molecule has 0 aliphatic carbocycles. The smallest absolute Gasteiger partial charge is 0.325 e. The zero-order valence-electron chi connectivity index (χ0n) is 9.77. The second kappa shape index (κ2) is 6.48. The first-order valence-electron chi connectivity index (χ1n) is 5.31. The van der Waals surface area contributed by atoms with Crippen molar-refractivity contribution >= 4 is 34.9 Å². The maximum Gasteiger partial charge on any atom is 0.325 e. The van der Waals surface area contributed by atoms with Gasteiger partial charge in [-0.25, -0.2) is 0 Å². The normalized spacial score (nSPS) is 13.0. The number of aliphatic carboxylic acids is 1. The molecule has 0 aliphatic rings. The average Bonchev–Trinajstić information content (AvgIpc) is 2.30. The highest BCUT2D eigenvalue weighted by Crippen LogP contribution is 2.28. The van der Waals surface area contributed by atoms with Crippen LogP contribution in [0.5, 0.6) is 0 Å². The fourth-order valence-corrected chi connectivity index (χ4v) is 1.80. The Morgan fingerprint density at radius 1 is 1.17 bits per heavy atom. The van der Waals surface area contributed by atoms with Crippen LogP contribution in [0, 0.1) is 5.41 Å². The Kier molecular flexibility index (Phi) is 5.97. The van der Waals surface area contributed by atoms with Crippen molar-refractivity contribution in [3.05, 3.63) is 35.9 Å². The third-order valence-electron chi connectivity index (χ3n) is 2.92. The number of benzene rings is 1. The Balaban J connectivity index is 0.00000289. The first-order chi connectivity index (χ1) is 7.96. The van der Waals surface area contributed by atoms with Crippen molar-refractivity contribution in [2.24, 2.45) is 5.41 Å². The summed E-state index contributed by atoms with van der Waals surface area (Å²) in [5.74, 6) is -2.68. The molecule has 1 aromatic rings. The summed E-state index contributed by atoms with van der Waals surface area (Å²) in [6, 6.07) is 8.02. The van der Waals surface area contributed by atoms with E-state index < -0.39 is 23.0 Å². The van der Waals surface area contributed by atoms with E-state index in [2.05, 4.69) is 0 Å². The number of Topliss-reactive ketones (excluding diaryl/α,β-unsaturated/α-hetero) is 2. The lowest BCUT2D eigenvalue weighted by atomic mass is 9.75. The number of carboxylic acid groups (broad SMARTS) is 1. The number of carbonyl (C=O) groups excluding carboxylic acids is 2. The van der Waals surface area contributed by atoms with E-state index in [-0.39, 0.29) is 29.3 Å². The molecule has 0 radical (unpaired) electrons. The summed E-state index contributed by atoms with van der Waals surface area (Å²) in [7, 11) is 0. The van der Waals surface area contributed by atoms with Crippen LogP contribution in [0.1, 0.15) is 30.6 Å². The molecule has 18 heavy (non-hydrogen) atoms. The van der Waals surface area contributed by atoms with Crippen LogP contribution in [0.4, 0.5) is 0 Å². The number of rotatable bonds is 5. The fourth-order valence-electron chi connectivity index (χ4n) is 1.80. The Hall–Kier alpha value is -1.44. The molecule has 1 N–H and O–H groups in total. The summed E-state index contributed by atoms with van der Waals surface area (Å²) in [5, 5.41) is 9.18. The van der Waals surface area contributed by atoms with Crippen LogP contribution in [0.3, 0.4) is 0 Å². The third-order valence-corrected chi connectivity index (χ3v) is 2.92. The molecule has 4 nitrogen and oxygen atoms in total. The predicted octanol–water partition coefficient (Wildman–Crippen LogP) is 0.755. The van der Waals surface area contributed by atoms with Crippen LogP contribution < -0.4 is 0 Å². The largest absolute Gasteiger partial charge is 0.480 e. The first kappa shape index (κ1) is 16.6. The maximum absolute atomic E-state index is 12.2. The van der Waals surface area contributed by atoms with E-state index in [1.165, 1.54) is 19.1 Å². The molecule has 5 heteroatoms. The molecular formula is C13H17AlO4. The van der Waals surface area contributed by atoms with Crippen molar-refractivity contribution in [2.45, 2.75) is 20.3 Å². The minimum absolute atomic E-state index is 0. The molecule has 1 atom stereocenters. The summed E-state index contributed by atoms with van der Waals surface area (Å²) in [6.07, 6.45) is -0.0502. The molecule has 1 rings (SSSR count). The summed E-state index contributed by atoms with van der Waals surface area (Å²) in [6.45, 7) is 2.66. The lowest BCUT2D eigenvalue weighted by Crippen LogP contribution is -2.44. The van der Waals surface area contributed by atoms with Gasteiger partial charge >= 0.3 is 5.97 Å². The van der Waals surface area contributed by atoms with E-state index in [1.54, 1.807) is 18.2 Å². The van der Waals surface area contributed by atoms with Crippen molar-refractivity contribution in [1.29, 1.82) is 0 Å². The summed E-state index contributed by atoms with van der Waals surface area (Å²) in [4.78, 5) is 35.0. The Labute approximate surface area is 116 Å². The average molecular weight is 264 g/mol. The van der Waals surface area contributed by atoms with E-state index in [1.807, 2.05) is 0 Å². The summed E-state index contributed by atoms with van der Waals surface area (Å²) < 4.78 is 0. The second-order valence-electron chi connectivity index (χ2n) is 3.82. The van der Waals surface area contributed by atoms with Gasteiger partial charge in [0.25, 0.3) is 0 Å². The van der Waals surface area contributed by atoms with Gasteiger partial charge in [-0.2, -0.15) is 0 Å². The Bertz CT molecular complexity index is 439. The van der Waals surface area contributed by atoms with Crippen LogP contribution in [0.15, 0.2) is 30.3 Å². The highest BCUT2D eigenvalue weighted by molar-refractivity contribution is 6.26. The lowest BCUT2D eigenvalue weighted by Gasteiger charge is -2.23. The molecule has 0 fully saturated rings. The van der Waals surface area contributed by atoms with Gasteiger partial charge in [-0.1, -0.05) is 37.3 Å². The standard InChI is InChI=1S/C13H14O4.Al.3H/c1-3-13(9(2)14,12(16)17)11(15)10-7-5-4-6-8-10;;;;/h4-8H,3H2,1-2H3,(H,16,17);;;;. The van der Waals surface area contributed by atoms with Crippen LogP contribution in [-0.2, 0) is 9.59 Å². The zero-order chi connectivity index (χ0) is 13.1. The van der Waals surface area contributed by atoms with E-state index in [0.717, 1.165) is 6.92 Å². The van der Waals surface area contributed by atoms with E-state index in [0.29, 0.717) is 0 Å². The van der Waals surface area contributed by atoms with Gasteiger partial charge in [0, 0.05) is 5.56 Å². The molecule has 0 saturated heterocycles. The second-order valence-corrected chi connectivity index (χ2v) is 3.82. The van der Waals surface area contributed by atoms with Gasteiger partial charge in [-0.15, -0.1) is 0 Å². The number of ketones is 2. The fraction of sp³-hybridized carbons (Fsp3) is 0.308. The van der Waals surface area contributed by atoms with Gasteiger partial charge in [0.1, 0.15) is 0 Å². The Morgan fingerprint density at radius 3 is 2.00 bits per heavy atom. The highest BCUT2D eigenvalue weighted by atomic mass is 27.0. The molecule has 0 amide bonds. The maximum atomic E-state index is 12.2. The monoisotopic (exact) mass is 264 g/mol.